The van der Waals surface area contributed by atoms with Crippen molar-refractivity contribution in [2.75, 3.05) is 24.5 Å². The van der Waals surface area contributed by atoms with Crippen molar-refractivity contribution in [1.29, 1.82) is 0 Å². The Bertz CT molecular complexity index is 1010. The van der Waals surface area contributed by atoms with E-state index in [1.807, 2.05) is 18.3 Å². The fourth-order valence-corrected chi connectivity index (χ4v) is 4.81. The SMILES string of the molecule is Cc1cc(N2CCC(CN)(Cc3ccccc3)CC2)cnc1-c1cccc(Cl)c1Cl. The molecular weight excluding hydrogens is 413 g/mol. The first-order valence-electron chi connectivity index (χ1n) is 10.4. The van der Waals surface area contributed by atoms with E-state index in [1.165, 1.54) is 5.56 Å². The van der Waals surface area contributed by atoms with E-state index in [2.05, 4.69) is 48.2 Å². The highest BCUT2D eigenvalue weighted by Gasteiger charge is 2.33. The first-order chi connectivity index (χ1) is 14.5. The molecule has 2 aromatic carbocycles. The number of hydrogen-bond donors (Lipinski definition) is 1. The number of benzene rings is 2. The minimum atomic E-state index is 0.175. The van der Waals surface area contributed by atoms with Crippen molar-refractivity contribution in [3.63, 3.8) is 0 Å². The first-order valence-corrected chi connectivity index (χ1v) is 11.2. The quantitative estimate of drug-likeness (QED) is 0.517. The number of pyridine rings is 1. The summed E-state index contributed by atoms with van der Waals surface area (Å²) in [7, 11) is 0. The van der Waals surface area contributed by atoms with Gasteiger partial charge in [-0.2, -0.15) is 0 Å². The molecule has 4 rings (SSSR count). The second-order valence-corrected chi connectivity index (χ2v) is 9.10. The Labute approximate surface area is 188 Å². The highest BCUT2D eigenvalue weighted by atomic mass is 35.5. The van der Waals surface area contributed by atoms with Gasteiger partial charge in [0.2, 0.25) is 0 Å². The van der Waals surface area contributed by atoms with Crippen LogP contribution in [0.1, 0.15) is 24.0 Å². The van der Waals surface area contributed by atoms with Gasteiger partial charge in [0.15, 0.2) is 0 Å². The third-order valence-electron chi connectivity index (χ3n) is 6.31. The molecule has 5 heteroatoms. The zero-order valence-corrected chi connectivity index (χ0v) is 18.8. The monoisotopic (exact) mass is 439 g/mol. The van der Waals surface area contributed by atoms with Crippen molar-refractivity contribution in [2.24, 2.45) is 11.1 Å². The van der Waals surface area contributed by atoms with E-state index in [1.54, 1.807) is 6.07 Å². The van der Waals surface area contributed by atoms with Crippen LogP contribution in [0.3, 0.4) is 0 Å². The number of nitrogens with two attached hydrogens (primary N) is 1. The van der Waals surface area contributed by atoms with E-state index in [0.717, 1.165) is 61.4 Å². The molecule has 1 aromatic heterocycles. The molecule has 0 aliphatic carbocycles. The molecule has 0 spiro atoms. The summed E-state index contributed by atoms with van der Waals surface area (Å²) in [4.78, 5) is 7.16. The maximum atomic E-state index is 6.41. The lowest BCUT2D eigenvalue weighted by Crippen LogP contribution is -2.45. The van der Waals surface area contributed by atoms with Gasteiger partial charge in [-0.25, -0.2) is 0 Å². The van der Waals surface area contributed by atoms with Gasteiger partial charge in [-0.1, -0.05) is 65.7 Å². The Morgan fingerprint density at radius 1 is 1.03 bits per heavy atom. The van der Waals surface area contributed by atoms with Crippen LogP contribution in [-0.2, 0) is 6.42 Å². The van der Waals surface area contributed by atoms with E-state index >= 15 is 0 Å². The van der Waals surface area contributed by atoms with Crippen LogP contribution in [0.2, 0.25) is 10.0 Å². The lowest BCUT2D eigenvalue weighted by Gasteiger charge is -2.42. The summed E-state index contributed by atoms with van der Waals surface area (Å²) >= 11 is 12.6. The summed E-state index contributed by atoms with van der Waals surface area (Å²) < 4.78 is 0. The molecular formula is C25H27Cl2N3. The van der Waals surface area contributed by atoms with Gasteiger partial charge in [0, 0.05) is 18.7 Å². The van der Waals surface area contributed by atoms with Gasteiger partial charge in [-0.05, 0) is 61.4 Å². The third-order valence-corrected chi connectivity index (χ3v) is 7.13. The predicted molar refractivity (Wildman–Crippen MR) is 128 cm³/mol. The number of aromatic nitrogens is 1. The smallest absolute Gasteiger partial charge is 0.0748 e. The summed E-state index contributed by atoms with van der Waals surface area (Å²) in [6.45, 7) is 4.77. The van der Waals surface area contributed by atoms with E-state index in [4.69, 9.17) is 33.9 Å². The minimum absolute atomic E-state index is 0.175. The molecule has 3 nitrogen and oxygen atoms in total. The Kier molecular flexibility index (Phi) is 6.33. The van der Waals surface area contributed by atoms with Crippen LogP contribution in [0.4, 0.5) is 5.69 Å². The third kappa shape index (κ3) is 4.34. The summed E-state index contributed by atoms with van der Waals surface area (Å²) in [5.74, 6) is 0. The average molecular weight is 440 g/mol. The normalized spacial score (nSPS) is 15.9. The zero-order chi connectivity index (χ0) is 21.1. The number of hydrogen-bond acceptors (Lipinski definition) is 3. The summed E-state index contributed by atoms with van der Waals surface area (Å²) in [5.41, 5.74) is 11.8. The van der Waals surface area contributed by atoms with Gasteiger partial charge >= 0.3 is 0 Å². The van der Waals surface area contributed by atoms with E-state index < -0.39 is 0 Å². The van der Waals surface area contributed by atoms with Crippen molar-refractivity contribution >= 4 is 28.9 Å². The molecule has 0 amide bonds. The highest BCUT2D eigenvalue weighted by Crippen LogP contribution is 2.38. The van der Waals surface area contributed by atoms with Crippen molar-refractivity contribution in [3.8, 4) is 11.3 Å². The van der Waals surface area contributed by atoms with Crippen molar-refractivity contribution in [3.05, 3.63) is 82.0 Å². The van der Waals surface area contributed by atoms with Crippen LogP contribution in [0.5, 0.6) is 0 Å². The average Bonchev–Trinajstić information content (AvgIpc) is 2.77. The predicted octanol–water partition coefficient (Wildman–Crippen LogP) is 6.15. The van der Waals surface area contributed by atoms with Crippen LogP contribution >= 0.6 is 23.2 Å². The maximum Gasteiger partial charge on any atom is 0.0748 e. The second-order valence-electron chi connectivity index (χ2n) is 8.31. The molecule has 0 radical (unpaired) electrons. The standard InChI is InChI=1S/C25H27Cl2N3/c1-18-14-20(16-29-24(18)21-8-5-9-22(26)23(21)27)30-12-10-25(17-28,11-13-30)15-19-6-3-2-4-7-19/h2-9,14,16H,10-13,15,17,28H2,1H3. The Morgan fingerprint density at radius 3 is 2.43 bits per heavy atom. The molecule has 156 valence electrons. The van der Waals surface area contributed by atoms with Crippen molar-refractivity contribution in [2.45, 2.75) is 26.2 Å². The second kappa shape index (κ2) is 8.97. The number of piperidine rings is 1. The number of aryl methyl sites for hydroxylation is 1. The number of anilines is 1. The molecule has 0 unspecified atom stereocenters. The summed E-state index contributed by atoms with van der Waals surface area (Å²) in [5, 5.41) is 1.10. The van der Waals surface area contributed by atoms with Crippen LogP contribution < -0.4 is 10.6 Å². The van der Waals surface area contributed by atoms with Gasteiger partial charge in [0.05, 0.1) is 27.6 Å². The van der Waals surface area contributed by atoms with Gasteiger partial charge < -0.3 is 10.6 Å². The van der Waals surface area contributed by atoms with Gasteiger partial charge in [0.25, 0.3) is 0 Å². The van der Waals surface area contributed by atoms with Crippen LogP contribution in [-0.4, -0.2) is 24.6 Å². The molecule has 2 N–H and O–H groups in total. The molecule has 0 saturated carbocycles. The number of halogens is 2. The molecule has 0 atom stereocenters. The van der Waals surface area contributed by atoms with E-state index in [9.17, 15) is 0 Å². The van der Waals surface area contributed by atoms with E-state index in [0.29, 0.717) is 10.0 Å². The largest absolute Gasteiger partial charge is 0.370 e. The molecule has 1 saturated heterocycles. The maximum absolute atomic E-state index is 6.41. The van der Waals surface area contributed by atoms with Gasteiger partial charge in [-0.15, -0.1) is 0 Å². The number of rotatable bonds is 5. The molecule has 2 heterocycles. The number of nitrogens with zero attached hydrogens (tertiary/aromatic N) is 2. The fourth-order valence-electron chi connectivity index (χ4n) is 4.42. The molecule has 0 bridgehead atoms. The van der Waals surface area contributed by atoms with Crippen LogP contribution in [0.25, 0.3) is 11.3 Å². The first kappa shape index (κ1) is 21.2. The minimum Gasteiger partial charge on any atom is -0.370 e. The van der Waals surface area contributed by atoms with Gasteiger partial charge in [-0.3, -0.25) is 4.98 Å². The Morgan fingerprint density at radius 2 is 1.77 bits per heavy atom. The van der Waals surface area contributed by atoms with Crippen LogP contribution in [0, 0.1) is 12.3 Å². The molecule has 1 fully saturated rings. The van der Waals surface area contributed by atoms with Gasteiger partial charge in [0.1, 0.15) is 0 Å². The molecule has 1 aliphatic heterocycles. The fraction of sp³-hybridized carbons (Fsp3) is 0.320. The van der Waals surface area contributed by atoms with Crippen LogP contribution in [0.15, 0.2) is 60.8 Å². The topological polar surface area (TPSA) is 42.1 Å². The highest BCUT2D eigenvalue weighted by molar-refractivity contribution is 6.43. The lowest BCUT2D eigenvalue weighted by atomic mass is 9.74. The summed E-state index contributed by atoms with van der Waals surface area (Å²) in [6, 6.07) is 18.6. The summed E-state index contributed by atoms with van der Waals surface area (Å²) in [6.07, 6.45) is 5.16. The Balaban J connectivity index is 1.50. The van der Waals surface area contributed by atoms with E-state index in [-0.39, 0.29) is 5.41 Å². The lowest BCUT2D eigenvalue weighted by molar-refractivity contribution is 0.226. The zero-order valence-electron chi connectivity index (χ0n) is 17.2. The van der Waals surface area contributed by atoms with Crippen molar-refractivity contribution in [1.82, 2.24) is 4.98 Å². The van der Waals surface area contributed by atoms with Crippen molar-refractivity contribution < 1.29 is 0 Å². The molecule has 1 aliphatic rings. The molecule has 30 heavy (non-hydrogen) atoms. The molecule has 3 aromatic rings. The Hall–Kier alpha value is -2.07.